The van der Waals surface area contributed by atoms with Gasteiger partial charge in [0, 0.05) is 0 Å². The van der Waals surface area contributed by atoms with Crippen molar-refractivity contribution in [2.24, 2.45) is 0 Å². The average molecular weight is 299 g/mol. The number of carbonyl (C=O) groups excluding carboxylic acids is 1. The Balaban J connectivity index is 1.97. The molecule has 0 amide bonds. The molecule has 0 unspecified atom stereocenters. The number of nitrogens with one attached hydrogen (secondary N) is 1. The van der Waals surface area contributed by atoms with Crippen LogP contribution in [0.4, 0.5) is 0 Å². The molecule has 1 aromatic heterocycles. The first-order valence-electron chi connectivity index (χ1n) is 7.48. The summed E-state index contributed by atoms with van der Waals surface area (Å²) in [5.74, 6) is -0.112. The van der Waals surface area contributed by atoms with E-state index in [4.69, 9.17) is 5.41 Å². The standard InChI is InChI=1S/C18H21NOS/c1-2-3-4-8-11-16(19)18(20)17-12-15(13-21-17)14-9-6-5-7-10-14/h5-7,9-10,12-13,19H,2-4,8,11H2,1H3. The van der Waals surface area contributed by atoms with Gasteiger partial charge in [0.15, 0.2) is 0 Å². The quantitative estimate of drug-likeness (QED) is 0.385. The molecule has 0 radical (unpaired) electrons. The Labute approximate surface area is 130 Å². The van der Waals surface area contributed by atoms with Crippen molar-refractivity contribution in [3.8, 4) is 11.1 Å². The van der Waals surface area contributed by atoms with Crippen molar-refractivity contribution >= 4 is 22.8 Å². The summed E-state index contributed by atoms with van der Waals surface area (Å²) in [5.41, 5.74) is 2.41. The van der Waals surface area contributed by atoms with Gasteiger partial charge < -0.3 is 5.41 Å². The number of rotatable bonds is 8. The molecule has 110 valence electrons. The van der Waals surface area contributed by atoms with Crippen LogP contribution in [0.1, 0.15) is 48.7 Å². The summed E-state index contributed by atoms with van der Waals surface area (Å²) in [6.45, 7) is 2.16. The number of thiophene rings is 1. The number of ketones is 1. The molecule has 0 aliphatic carbocycles. The molecule has 0 bridgehead atoms. The lowest BCUT2D eigenvalue weighted by Gasteiger charge is -2.01. The zero-order chi connectivity index (χ0) is 15.1. The second-order valence-corrected chi connectivity index (χ2v) is 6.10. The van der Waals surface area contributed by atoms with Crippen molar-refractivity contribution in [1.82, 2.24) is 0 Å². The van der Waals surface area contributed by atoms with E-state index in [9.17, 15) is 4.79 Å². The lowest BCUT2D eigenvalue weighted by Crippen LogP contribution is -2.11. The lowest BCUT2D eigenvalue weighted by atomic mass is 10.0. The summed E-state index contributed by atoms with van der Waals surface area (Å²) in [5, 5.41) is 9.93. The molecule has 0 spiro atoms. The maximum atomic E-state index is 12.2. The Morgan fingerprint density at radius 1 is 1.10 bits per heavy atom. The van der Waals surface area contributed by atoms with E-state index in [0.29, 0.717) is 11.3 Å². The van der Waals surface area contributed by atoms with Crippen LogP contribution in [0.2, 0.25) is 0 Å². The van der Waals surface area contributed by atoms with Gasteiger partial charge in [0.05, 0.1) is 10.6 Å². The van der Waals surface area contributed by atoms with Crippen molar-refractivity contribution in [2.75, 3.05) is 0 Å². The van der Waals surface area contributed by atoms with Crippen molar-refractivity contribution in [3.63, 3.8) is 0 Å². The summed E-state index contributed by atoms with van der Waals surface area (Å²) in [4.78, 5) is 12.9. The summed E-state index contributed by atoms with van der Waals surface area (Å²) in [7, 11) is 0. The first kappa shape index (κ1) is 15.6. The van der Waals surface area contributed by atoms with Crippen LogP contribution in [0.15, 0.2) is 41.8 Å². The number of Topliss-reactive ketones (excluding diaryl/α,β-unsaturated/α-hetero) is 1. The number of hydrogen-bond donors (Lipinski definition) is 1. The summed E-state index contributed by atoms with van der Waals surface area (Å²) in [6, 6.07) is 11.9. The second-order valence-electron chi connectivity index (χ2n) is 5.18. The van der Waals surface area contributed by atoms with Crippen LogP contribution in [0, 0.1) is 5.41 Å². The molecule has 0 atom stereocenters. The van der Waals surface area contributed by atoms with E-state index >= 15 is 0 Å². The van der Waals surface area contributed by atoms with E-state index in [2.05, 4.69) is 6.92 Å². The number of hydrogen-bond acceptors (Lipinski definition) is 3. The first-order valence-corrected chi connectivity index (χ1v) is 8.36. The summed E-state index contributed by atoms with van der Waals surface area (Å²) < 4.78 is 0. The molecule has 1 aromatic carbocycles. The van der Waals surface area contributed by atoms with E-state index in [1.165, 1.54) is 24.2 Å². The van der Waals surface area contributed by atoms with E-state index in [1.807, 2.05) is 41.8 Å². The molecule has 21 heavy (non-hydrogen) atoms. The minimum atomic E-state index is -0.112. The minimum Gasteiger partial charge on any atom is -0.301 e. The van der Waals surface area contributed by atoms with Gasteiger partial charge in [0.1, 0.15) is 0 Å². The molecule has 2 rings (SSSR count). The fraction of sp³-hybridized carbons (Fsp3) is 0.333. The maximum absolute atomic E-state index is 12.2. The van der Waals surface area contributed by atoms with Crippen LogP contribution >= 0.6 is 11.3 Å². The molecular weight excluding hydrogens is 278 g/mol. The molecule has 2 nitrogen and oxygen atoms in total. The highest BCUT2D eigenvalue weighted by molar-refractivity contribution is 7.13. The molecule has 0 saturated heterocycles. The van der Waals surface area contributed by atoms with Gasteiger partial charge in [-0.2, -0.15) is 0 Å². The zero-order valence-corrected chi connectivity index (χ0v) is 13.2. The number of benzene rings is 1. The smallest absolute Gasteiger partial charge is 0.216 e. The Hall–Kier alpha value is -1.74. The molecule has 1 heterocycles. The summed E-state index contributed by atoms with van der Waals surface area (Å²) in [6.07, 6.45) is 4.99. The highest BCUT2D eigenvalue weighted by Gasteiger charge is 2.14. The van der Waals surface area contributed by atoms with Gasteiger partial charge >= 0.3 is 0 Å². The van der Waals surface area contributed by atoms with Gasteiger partial charge in [-0.1, -0.05) is 56.5 Å². The first-order chi connectivity index (χ1) is 10.2. The third-order valence-corrected chi connectivity index (χ3v) is 4.41. The molecular formula is C18H21NOS. The average Bonchev–Trinajstić information content (AvgIpc) is 3.01. The van der Waals surface area contributed by atoms with Crippen LogP contribution < -0.4 is 0 Å². The molecule has 0 saturated carbocycles. The van der Waals surface area contributed by atoms with Gasteiger partial charge in [-0.3, -0.25) is 4.79 Å². The van der Waals surface area contributed by atoms with Crippen molar-refractivity contribution in [1.29, 1.82) is 5.41 Å². The lowest BCUT2D eigenvalue weighted by molar-refractivity contribution is 0.106. The predicted octanol–water partition coefficient (Wildman–Crippen LogP) is 5.59. The normalized spacial score (nSPS) is 10.5. The third kappa shape index (κ3) is 4.36. The Morgan fingerprint density at radius 2 is 1.86 bits per heavy atom. The van der Waals surface area contributed by atoms with Crippen LogP contribution in [-0.2, 0) is 0 Å². The van der Waals surface area contributed by atoms with Crippen LogP contribution in [-0.4, -0.2) is 11.5 Å². The summed E-state index contributed by atoms with van der Waals surface area (Å²) >= 11 is 1.43. The minimum absolute atomic E-state index is 0.112. The van der Waals surface area contributed by atoms with Crippen molar-refractivity contribution in [2.45, 2.75) is 39.0 Å². The Morgan fingerprint density at radius 3 is 2.57 bits per heavy atom. The van der Waals surface area contributed by atoms with Gasteiger partial charge in [-0.05, 0) is 35.4 Å². The Kier molecular flexibility index (Phi) is 5.88. The largest absolute Gasteiger partial charge is 0.301 e. The molecule has 2 aromatic rings. The van der Waals surface area contributed by atoms with Crippen LogP contribution in [0.3, 0.4) is 0 Å². The van der Waals surface area contributed by atoms with Crippen molar-refractivity contribution < 1.29 is 4.79 Å². The van der Waals surface area contributed by atoms with E-state index < -0.39 is 0 Å². The van der Waals surface area contributed by atoms with Crippen LogP contribution in [0.5, 0.6) is 0 Å². The van der Waals surface area contributed by atoms with Gasteiger partial charge in [-0.25, -0.2) is 0 Å². The molecule has 0 aliphatic rings. The fourth-order valence-electron chi connectivity index (χ4n) is 2.23. The zero-order valence-electron chi connectivity index (χ0n) is 12.4. The second kappa shape index (κ2) is 7.89. The molecule has 0 fully saturated rings. The van der Waals surface area contributed by atoms with Crippen molar-refractivity contribution in [3.05, 3.63) is 46.7 Å². The highest BCUT2D eigenvalue weighted by atomic mass is 32.1. The molecule has 1 N–H and O–H groups in total. The van der Waals surface area contributed by atoms with Gasteiger partial charge in [-0.15, -0.1) is 11.3 Å². The van der Waals surface area contributed by atoms with Gasteiger partial charge in [0.2, 0.25) is 5.78 Å². The fourth-order valence-corrected chi connectivity index (χ4v) is 3.11. The predicted molar refractivity (Wildman–Crippen MR) is 90.6 cm³/mol. The monoisotopic (exact) mass is 299 g/mol. The molecule has 0 aliphatic heterocycles. The highest BCUT2D eigenvalue weighted by Crippen LogP contribution is 2.26. The third-order valence-electron chi connectivity index (χ3n) is 3.48. The van der Waals surface area contributed by atoms with E-state index in [-0.39, 0.29) is 11.5 Å². The number of unbranched alkanes of at least 4 members (excludes halogenated alkanes) is 3. The van der Waals surface area contributed by atoms with E-state index in [0.717, 1.165) is 24.0 Å². The Bertz CT molecular complexity index is 601. The van der Waals surface area contributed by atoms with E-state index in [1.54, 1.807) is 0 Å². The topological polar surface area (TPSA) is 40.9 Å². The van der Waals surface area contributed by atoms with Crippen LogP contribution in [0.25, 0.3) is 11.1 Å². The van der Waals surface area contributed by atoms with Gasteiger partial charge in [0.25, 0.3) is 0 Å². The number of carbonyl (C=O) groups is 1. The molecule has 3 heteroatoms. The SMILES string of the molecule is CCCCCCC(=N)C(=O)c1cc(-c2ccccc2)cs1. The maximum Gasteiger partial charge on any atom is 0.216 e.